The highest BCUT2D eigenvalue weighted by atomic mass is 32.2. The van der Waals surface area contributed by atoms with Crippen LogP contribution in [0.2, 0.25) is 0 Å². The summed E-state index contributed by atoms with van der Waals surface area (Å²) in [6.45, 7) is 10.5. The first-order chi connectivity index (χ1) is 61.4. The fourth-order valence-corrected chi connectivity index (χ4v) is 21.2. The second kappa shape index (κ2) is 36.4. The van der Waals surface area contributed by atoms with Crippen LogP contribution in [-0.4, -0.2) is 252 Å². The van der Waals surface area contributed by atoms with Gasteiger partial charge in [0, 0.05) is 116 Å². The van der Waals surface area contributed by atoms with Crippen molar-refractivity contribution >= 4 is 86.9 Å². The number of piperazine rings is 2. The van der Waals surface area contributed by atoms with Gasteiger partial charge in [-0.15, -0.1) is 0 Å². The number of ether oxygens (including phenoxy) is 14. The van der Waals surface area contributed by atoms with E-state index in [2.05, 4.69) is 81.4 Å². The van der Waals surface area contributed by atoms with Gasteiger partial charge in [0.2, 0.25) is 56.6 Å². The molecule has 36 heteroatoms. The van der Waals surface area contributed by atoms with Gasteiger partial charge in [-0.3, -0.25) is 0 Å². The smallest absolute Gasteiger partial charge is 0.243 e. The summed E-state index contributed by atoms with van der Waals surface area (Å²) in [6.07, 6.45) is 9.41. The molecule has 0 bridgehead atoms. The molecule has 2 saturated heterocycles. The maximum absolute atomic E-state index is 13.7. The number of rotatable bonds is 18. The maximum Gasteiger partial charge on any atom is 0.243 e. The summed E-state index contributed by atoms with van der Waals surface area (Å²) in [5.41, 5.74) is 11.5. The van der Waals surface area contributed by atoms with Gasteiger partial charge in [-0.05, 0) is 122 Å². The minimum atomic E-state index is -3.61. The Morgan fingerprint density at radius 2 is 0.579 bits per heavy atom. The van der Waals surface area contributed by atoms with Crippen LogP contribution in [0.5, 0.6) is 80.5 Å². The number of fused-ring (bicyclic) bond motifs is 12. The summed E-state index contributed by atoms with van der Waals surface area (Å²) in [7, 11) is 12.9. The average Bonchev–Trinajstić information content (AvgIpc) is 1.61. The molecule has 0 amide bonds. The van der Waals surface area contributed by atoms with Gasteiger partial charge in [-0.1, -0.05) is 48.5 Å². The van der Waals surface area contributed by atoms with Crippen molar-refractivity contribution in [2.75, 3.05) is 197 Å². The Bertz CT molecular complexity index is 6340. The molecule has 660 valence electrons. The Balaban J connectivity index is 0.000000119. The predicted molar refractivity (Wildman–Crippen MR) is 473 cm³/mol. The number of hydrogen-bond acceptors (Lipinski definition) is 32. The molecule has 20 rings (SSSR count). The fraction of sp³-hybridized carbons (Fsp3) is 0.378. The lowest BCUT2D eigenvalue weighted by Gasteiger charge is -2.34. The molecule has 8 aromatic carbocycles. The summed E-state index contributed by atoms with van der Waals surface area (Å²) in [6, 6.07) is 31.1. The molecule has 0 aliphatic carbocycles. The summed E-state index contributed by atoms with van der Waals surface area (Å²) >= 11 is 0. The van der Waals surface area contributed by atoms with E-state index in [4.69, 9.17) is 66.3 Å². The third-order valence-corrected chi connectivity index (χ3v) is 28.3. The number of hydrogen-bond donors (Lipinski definition) is 0. The van der Waals surface area contributed by atoms with Crippen LogP contribution in [-0.2, 0) is 71.9 Å². The van der Waals surface area contributed by atoms with Crippen LogP contribution in [0.4, 0.5) is 23.3 Å². The molecule has 4 aromatic heterocycles. The number of nitrogens with zero attached hydrogens (tertiary/aromatic N) is 16. The number of likely N-dealkylation sites (N-methyl/N-ethyl adjacent to an activating group) is 2. The van der Waals surface area contributed by atoms with Crippen LogP contribution in [0, 0.1) is 0 Å². The Morgan fingerprint density at radius 3 is 0.905 bits per heavy atom. The van der Waals surface area contributed by atoms with Crippen molar-refractivity contribution < 1.29 is 83.2 Å². The summed E-state index contributed by atoms with van der Waals surface area (Å²) < 4.78 is 136. The maximum atomic E-state index is 13.7. The van der Waals surface area contributed by atoms with E-state index in [1.807, 2.05) is 86.9 Å². The van der Waals surface area contributed by atoms with Crippen LogP contribution in [0.3, 0.4) is 0 Å². The quantitative estimate of drug-likeness (QED) is 0.0770. The van der Waals surface area contributed by atoms with Gasteiger partial charge < -0.3 is 95.7 Å². The SMILES string of the molecule is COc1cc2c(N3CCc4cccc(S(=O)(=O)N5CCN(C)CC5)c4C3)ncnc2c(OC)c1OC.COc1cc2c(N3CCc4cccc(S(=O)(=O)N5CCN(C)CC5)c4C3)ncnc2c2c1OCO2.COc1cccc2c1CN(c1ncnc3c(OC)c(OC)c(OC)cc13)CC2.COc1cccc2c1CN(c1ncnc3c4c(c(OC)cc13)OCO4)CC2. The van der Waals surface area contributed by atoms with Crippen molar-refractivity contribution in [2.45, 2.75) is 61.7 Å². The topological polar surface area (TPSA) is 327 Å². The number of benzene rings is 8. The summed E-state index contributed by atoms with van der Waals surface area (Å²) in [5, 5.41) is 3.26. The molecule has 0 radical (unpaired) electrons. The normalized spacial score (nSPS) is 16.2. The van der Waals surface area contributed by atoms with Crippen LogP contribution >= 0.6 is 0 Å². The van der Waals surface area contributed by atoms with Crippen LogP contribution in [0.25, 0.3) is 43.6 Å². The highest BCUT2D eigenvalue weighted by Crippen LogP contribution is 2.52. The van der Waals surface area contributed by atoms with Gasteiger partial charge >= 0.3 is 0 Å². The van der Waals surface area contributed by atoms with Crippen molar-refractivity contribution in [3.05, 3.63) is 167 Å². The molecule has 8 aliphatic rings. The average molecular weight is 1760 g/mol. The zero-order valence-electron chi connectivity index (χ0n) is 72.4. The van der Waals surface area contributed by atoms with Crippen LogP contribution in [0.1, 0.15) is 44.5 Å². The van der Waals surface area contributed by atoms with E-state index in [0.717, 1.165) is 131 Å². The van der Waals surface area contributed by atoms with Gasteiger partial charge in [0.15, 0.2) is 46.0 Å². The largest absolute Gasteiger partial charge is 0.496 e. The van der Waals surface area contributed by atoms with Crippen molar-refractivity contribution in [1.29, 1.82) is 0 Å². The van der Waals surface area contributed by atoms with Gasteiger partial charge in [0.25, 0.3) is 0 Å². The van der Waals surface area contributed by atoms with Crippen molar-refractivity contribution in [3.63, 3.8) is 0 Å². The highest BCUT2D eigenvalue weighted by Gasteiger charge is 2.38. The molecule has 0 saturated carbocycles. The number of aromatic nitrogens is 8. The van der Waals surface area contributed by atoms with Gasteiger partial charge in [0.1, 0.15) is 82.1 Å². The molecule has 12 heterocycles. The van der Waals surface area contributed by atoms with Crippen molar-refractivity contribution in [2.24, 2.45) is 0 Å². The number of anilines is 4. The lowest BCUT2D eigenvalue weighted by atomic mass is 9.98. The number of methoxy groups -OCH3 is 10. The van der Waals surface area contributed by atoms with Crippen LogP contribution < -0.4 is 85.9 Å². The van der Waals surface area contributed by atoms with E-state index in [1.54, 1.807) is 104 Å². The van der Waals surface area contributed by atoms with Gasteiger partial charge in [-0.25, -0.2) is 56.7 Å². The molecule has 34 nitrogen and oxygen atoms in total. The third-order valence-electron chi connectivity index (χ3n) is 24.4. The van der Waals surface area contributed by atoms with E-state index in [0.29, 0.717) is 179 Å². The zero-order chi connectivity index (χ0) is 87.7. The molecular weight excluding hydrogens is 1660 g/mol. The van der Waals surface area contributed by atoms with Gasteiger partial charge in [-0.2, -0.15) is 8.61 Å². The molecule has 0 N–H and O–H groups in total. The van der Waals surface area contributed by atoms with Gasteiger partial charge in [0.05, 0.1) is 102 Å². The Kier molecular flexibility index (Phi) is 24.7. The Morgan fingerprint density at radius 1 is 0.294 bits per heavy atom. The molecule has 0 atom stereocenters. The fourth-order valence-electron chi connectivity index (χ4n) is 17.8. The lowest BCUT2D eigenvalue weighted by molar-refractivity contribution is 0.171. The first kappa shape index (κ1) is 85.4. The van der Waals surface area contributed by atoms with Crippen LogP contribution in [0.15, 0.2) is 132 Å². The molecular formula is C90H100N16O18S2. The molecule has 2 fully saturated rings. The molecule has 0 spiro atoms. The lowest BCUT2D eigenvalue weighted by Crippen LogP contribution is -2.47. The molecule has 12 aromatic rings. The standard InChI is InChI=1S/C25H31N5O5S.C24H27N5O5S.C21H23N3O4.C20H19N3O4/c1-28-10-12-30(13-11-28)36(31,32)21-7-5-6-17-8-9-29(15-19(17)21)25-18-14-20(33-2)23(34-3)24(35-4)22(18)26-16-27-25;1-27-8-10-29(11-9-27)35(30,31)20-5-3-4-16-6-7-28(13-18(16)20)24-17-12-19(32-2)22-23(34-15-33-22)21(17)25-14-26-24;1-25-16-7-5-6-13-8-9-24(11-15(13)16)21-14-10-17(26-2)19(27-3)20(28-4)18(14)22-12-23-21;1-24-15-5-3-4-12-6-7-23(9-14(12)15)20-13-8-16(25-2)18-19(27-11-26-18)17(13)21-10-22-20/h5-7,14,16H,8-13,15H2,1-4H3;3-5,12,14H,6-11,13,15H2,1-2H3;5-7,10,12H,8-9,11H2,1-4H3;3-5,8,10H,6-7,9,11H2,1-2H3. The monoisotopic (exact) mass is 1760 g/mol. The van der Waals surface area contributed by atoms with E-state index < -0.39 is 20.0 Å². The summed E-state index contributed by atoms with van der Waals surface area (Å²) in [5.74, 6) is 11.4. The Labute approximate surface area is 730 Å². The minimum Gasteiger partial charge on any atom is -0.496 e. The first-order valence-corrected chi connectivity index (χ1v) is 44.2. The van der Waals surface area contributed by atoms with Crippen molar-refractivity contribution in [3.8, 4) is 80.5 Å². The zero-order valence-corrected chi connectivity index (χ0v) is 74.1. The van der Waals surface area contributed by atoms with E-state index in [9.17, 15) is 16.8 Å². The number of sulfonamides is 2. The minimum absolute atomic E-state index is 0.106. The molecule has 126 heavy (non-hydrogen) atoms. The molecule has 0 unspecified atom stereocenters. The van der Waals surface area contributed by atoms with Crippen molar-refractivity contribution in [1.82, 2.24) is 58.3 Å². The molecule has 8 aliphatic heterocycles. The highest BCUT2D eigenvalue weighted by molar-refractivity contribution is 7.89. The van der Waals surface area contributed by atoms with E-state index in [1.165, 1.54) is 34.9 Å². The second-order valence-electron chi connectivity index (χ2n) is 31.0. The predicted octanol–water partition coefficient (Wildman–Crippen LogP) is 10.2. The second-order valence-corrected chi connectivity index (χ2v) is 34.8. The van der Waals surface area contributed by atoms with E-state index >= 15 is 0 Å². The van der Waals surface area contributed by atoms with E-state index in [-0.39, 0.29) is 13.6 Å². The Hall–Kier alpha value is -12.7. The third kappa shape index (κ3) is 15.9. The first-order valence-electron chi connectivity index (χ1n) is 41.4. The summed E-state index contributed by atoms with van der Waals surface area (Å²) in [4.78, 5) is 49.9.